The molecule has 0 radical (unpaired) electrons. The first-order valence-electron chi connectivity index (χ1n) is 13.0. The highest BCUT2D eigenvalue weighted by Crippen LogP contribution is 2.34. The number of nitrogens with one attached hydrogen (secondary N) is 2. The molecular formula is C30H30N8OS. The summed E-state index contributed by atoms with van der Waals surface area (Å²) in [7, 11) is 1.90. The molecule has 0 spiro atoms. The molecule has 4 aromatic heterocycles. The molecule has 6 rings (SSSR count). The number of fused-ring (bicyclic) bond motifs is 2. The Hall–Kier alpha value is -4.41. The number of aliphatic hydroxyl groups is 1. The smallest absolute Gasteiger partial charge is 0.139 e. The molecule has 0 unspecified atom stereocenters. The fraction of sp³-hybridized carbons (Fsp3) is 0.200. The van der Waals surface area contributed by atoms with Gasteiger partial charge in [0, 0.05) is 70.7 Å². The lowest BCUT2D eigenvalue weighted by molar-refractivity contribution is 0.0591. The van der Waals surface area contributed by atoms with E-state index in [1.165, 1.54) is 11.9 Å². The van der Waals surface area contributed by atoms with Crippen LogP contribution in [0, 0.1) is 6.92 Å². The van der Waals surface area contributed by atoms with Crippen LogP contribution in [0.15, 0.2) is 84.4 Å². The molecule has 0 aliphatic rings. The average molecular weight is 551 g/mol. The second-order valence-electron chi connectivity index (χ2n) is 10.5. The molecule has 0 saturated heterocycles. The van der Waals surface area contributed by atoms with Crippen LogP contribution in [0.1, 0.15) is 19.4 Å². The fourth-order valence-electron chi connectivity index (χ4n) is 4.72. The van der Waals surface area contributed by atoms with Crippen LogP contribution in [0.5, 0.6) is 0 Å². The highest BCUT2D eigenvalue weighted by atomic mass is 32.2. The average Bonchev–Trinajstić information content (AvgIpc) is 3.53. The van der Waals surface area contributed by atoms with Crippen molar-refractivity contribution in [2.75, 3.05) is 10.0 Å². The fourth-order valence-corrected chi connectivity index (χ4v) is 5.38. The highest BCUT2D eigenvalue weighted by molar-refractivity contribution is 8.00. The minimum absolute atomic E-state index is 0.419. The predicted molar refractivity (Wildman–Crippen MR) is 162 cm³/mol. The Morgan fingerprint density at radius 3 is 2.50 bits per heavy atom. The van der Waals surface area contributed by atoms with E-state index in [0.29, 0.717) is 6.54 Å². The Labute approximate surface area is 236 Å². The van der Waals surface area contributed by atoms with Crippen molar-refractivity contribution in [2.24, 2.45) is 7.05 Å². The lowest BCUT2D eigenvalue weighted by atomic mass is 9.98. The van der Waals surface area contributed by atoms with Crippen LogP contribution in [0.3, 0.4) is 0 Å². The molecule has 6 aromatic rings. The molecule has 10 heteroatoms. The molecule has 0 amide bonds. The van der Waals surface area contributed by atoms with E-state index in [4.69, 9.17) is 4.98 Å². The van der Waals surface area contributed by atoms with E-state index in [9.17, 15) is 5.11 Å². The first-order chi connectivity index (χ1) is 19.2. The maximum atomic E-state index is 10.3. The Balaban J connectivity index is 1.26. The van der Waals surface area contributed by atoms with Crippen molar-refractivity contribution < 1.29 is 5.11 Å². The first-order valence-corrected chi connectivity index (χ1v) is 13.8. The minimum atomic E-state index is -0.853. The van der Waals surface area contributed by atoms with E-state index >= 15 is 0 Å². The molecule has 0 aliphatic heterocycles. The van der Waals surface area contributed by atoms with Gasteiger partial charge in [-0.1, -0.05) is 6.07 Å². The summed E-state index contributed by atoms with van der Waals surface area (Å²) < 4.78 is 6.95. The van der Waals surface area contributed by atoms with Gasteiger partial charge in [-0.2, -0.15) is 10.2 Å². The Bertz CT molecular complexity index is 1820. The molecule has 0 aliphatic carbocycles. The minimum Gasteiger partial charge on any atom is -0.389 e. The second-order valence-corrected chi connectivity index (χ2v) is 11.3. The largest absolute Gasteiger partial charge is 0.389 e. The van der Waals surface area contributed by atoms with Crippen molar-refractivity contribution in [3.05, 3.63) is 84.9 Å². The summed E-state index contributed by atoms with van der Waals surface area (Å²) in [6.45, 7) is 6.09. The van der Waals surface area contributed by atoms with E-state index in [1.54, 1.807) is 18.5 Å². The van der Waals surface area contributed by atoms with Crippen molar-refractivity contribution in [1.29, 1.82) is 0 Å². The molecular weight excluding hydrogens is 520 g/mol. The number of aromatic nitrogens is 6. The number of benzene rings is 2. The van der Waals surface area contributed by atoms with Crippen LogP contribution in [0.2, 0.25) is 0 Å². The van der Waals surface area contributed by atoms with Gasteiger partial charge in [0.1, 0.15) is 10.8 Å². The van der Waals surface area contributed by atoms with Crippen LogP contribution < -0.4 is 10.0 Å². The first kappa shape index (κ1) is 25.8. The number of aryl methyl sites for hydroxylation is 2. The molecule has 4 heterocycles. The lowest BCUT2D eigenvalue weighted by Gasteiger charge is -2.18. The van der Waals surface area contributed by atoms with Gasteiger partial charge in [-0.15, -0.1) is 0 Å². The third-order valence-corrected chi connectivity index (χ3v) is 7.42. The molecule has 40 heavy (non-hydrogen) atoms. The SMILES string of the molecule is Cc1c(-c2nccc3cnc(Nc4ccc(NSc5ccn(C)n5)cc4)cc23)ccc2c1cnn2CC(C)(C)O. The van der Waals surface area contributed by atoms with Crippen molar-refractivity contribution in [3.63, 3.8) is 0 Å². The third kappa shape index (κ3) is 5.36. The van der Waals surface area contributed by atoms with Gasteiger partial charge in [-0.25, -0.2) is 4.98 Å². The standard InChI is InChI=1S/C30H30N8OS/c1-19-23(9-10-26-25(19)17-33-38(26)18-30(2,3)39)29-24-15-27(32-16-20(24)11-13-31-29)34-21-5-7-22(8-6-21)36-40-28-12-14-37(4)35-28/h5-17,36,39H,18H2,1-4H3,(H,32,34). The summed E-state index contributed by atoms with van der Waals surface area (Å²) in [4.78, 5) is 9.42. The van der Waals surface area contributed by atoms with E-state index in [1.807, 2.05) is 79.0 Å². The van der Waals surface area contributed by atoms with Gasteiger partial charge in [0.05, 0.1) is 29.6 Å². The Kier molecular flexibility index (Phi) is 6.65. The summed E-state index contributed by atoms with van der Waals surface area (Å²) in [6.07, 6.45) is 7.48. The summed E-state index contributed by atoms with van der Waals surface area (Å²) >= 11 is 1.47. The van der Waals surface area contributed by atoms with Crippen molar-refractivity contribution in [2.45, 2.75) is 37.9 Å². The van der Waals surface area contributed by atoms with Crippen molar-refractivity contribution in [3.8, 4) is 11.3 Å². The molecule has 202 valence electrons. The van der Waals surface area contributed by atoms with E-state index < -0.39 is 5.60 Å². The number of hydrogen-bond donors (Lipinski definition) is 3. The molecule has 2 aromatic carbocycles. The van der Waals surface area contributed by atoms with Crippen LogP contribution in [-0.2, 0) is 13.6 Å². The summed E-state index contributed by atoms with van der Waals surface area (Å²) in [5.74, 6) is 0.738. The number of nitrogens with zero attached hydrogens (tertiary/aromatic N) is 6. The molecule has 0 saturated carbocycles. The Morgan fingerprint density at radius 1 is 0.950 bits per heavy atom. The zero-order valence-corrected chi connectivity index (χ0v) is 23.6. The summed E-state index contributed by atoms with van der Waals surface area (Å²) in [6, 6.07) is 18.2. The van der Waals surface area contributed by atoms with Gasteiger partial charge in [-0.3, -0.25) is 14.3 Å². The molecule has 0 atom stereocenters. The van der Waals surface area contributed by atoms with Crippen molar-refractivity contribution >= 4 is 50.8 Å². The van der Waals surface area contributed by atoms with E-state index in [0.717, 1.165) is 60.7 Å². The van der Waals surface area contributed by atoms with Crippen LogP contribution in [0.25, 0.3) is 32.9 Å². The van der Waals surface area contributed by atoms with Gasteiger partial charge in [0.15, 0.2) is 0 Å². The van der Waals surface area contributed by atoms with Crippen molar-refractivity contribution in [1.82, 2.24) is 29.5 Å². The zero-order chi connectivity index (χ0) is 27.9. The van der Waals surface area contributed by atoms with Gasteiger partial charge in [0.25, 0.3) is 0 Å². The molecule has 0 fully saturated rings. The molecule has 3 N–H and O–H groups in total. The topological polar surface area (TPSA) is 106 Å². The Morgan fingerprint density at radius 2 is 1.75 bits per heavy atom. The summed E-state index contributed by atoms with van der Waals surface area (Å²) in [5.41, 5.74) is 5.08. The van der Waals surface area contributed by atoms with Gasteiger partial charge >= 0.3 is 0 Å². The normalized spacial score (nSPS) is 11.8. The lowest BCUT2D eigenvalue weighted by Crippen LogP contribution is -2.26. The van der Waals surface area contributed by atoms with Crippen LogP contribution >= 0.6 is 11.9 Å². The van der Waals surface area contributed by atoms with Gasteiger partial charge < -0.3 is 15.1 Å². The number of anilines is 3. The van der Waals surface area contributed by atoms with Crippen LogP contribution in [-0.4, -0.2) is 40.2 Å². The number of hydrogen-bond acceptors (Lipinski definition) is 8. The molecule has 9 nitrogen and oxygen atoms in total. The van der Waals surface area contributed by atoms with E-state index in [2.05, 4.69) is 44.3 Å². The predicted octanol–water partition coefficient (Wildman–Crippen LogP) is 6.32. The monoisotopic (exact) mass is 550 g/mol. The number of pyridine rings is 2. The number of rotatable bonds is 8. The van der Waals surface area contributed by atoms with Gasteiger partial charge in [0.2, 0.25) is 0 Å². The second kappa shape index (κ2) is 10.3. The maximum absolute atomic E-state index is 10.3. The van der Waals surface area contributed by atoms with E-state index in [-0.39, 0.29) is 0 Å². The highest BCUT2D eigenvalue weighted by Gasteiger charge is 2.18. The third-order valence-electron chi connectivity index (χ3n) is 6.66. The summed E-state index contributed by atoms with van der Waals surface area (Å²) in [5, 5.41) is 26.6. The maximum Gasteiger partial charge on any atom is 0.139 e. The molecule has 0 bridgehead atoms. The van der Waals surface area contributed by atoms with Gasteiger partial charge in [-0.05, 0) is 74.9 Å². The quantitative estimate of drug-likeness (QED) is 0.189. The van der Waals surface area contributed by atoms with Crippen LogP contribution in [0.4, 0.5) is 17.2 Å². The zero-order valence-electron chi connectivity index (χ0n) is 22.8.